The SMILES string of the molecule is CSC(=NC#N)N1CCCC(N(C)C)C1. The topological polar surface area (TPSA) is 42.6 Å². The van der Waals surface area contributed by atoms with Crippen LogP contribution in [0.15, 0.2) is 4.99 Å². The van der Waals surface area contributed by atoms with Gasteiger partial charge in [0.2, 0.25) is 6.19 Å². The molecule has 0 aromatic carbocycles. The monoisotopic (exact) mass is 226 g/mol. The largest absolute Gasteiger partial charge is 0.349 e. The molecular formula is C10H18N4S. The number of piperidine rings is 1. The average Bonchev–Trinajstić information content (AvgIpc) is 2.26. The van der Waals surface area contributed by atoms with Crippen molar-refractivity contribution in [2.24, 2.45) is 4.99 Å². The lowest BCUT2D eigenvalue weighted by Crippen LogP contribution is -2.46. The fraction of sp³-hybridized carbons (Fsp3) is 0.800. The Hall–Kier alpha value is -0.730. The summed E-state index contributed by atoms with van der Waals surface area (Å²) in [5, 5.41) is 9.44. The summed E-state index contributed by atoms with van der Waals surface area (Å²) in [7, 11) is 4.21. The van der Waals surface area contributed by atoms with E-state index in [9.17, 15) is 0 Å². The van der Waals surface area contributed by atoms with Crippen LogP contribution in [0.3, 0.4) is 0 Å². The van der Waals surface area contributed by atoms with E-state index in [4.69, 9.17) is 5.26 Å². The first-order valence-corrected chi connectivity index (χ1v) is 6.33. The van der Waals surface area contributed by atoms with Gasteiger partial charge in [-0.25, -0.2) is 0 Å². The minimum absolute atomic E-state index is 0.579. The fourth-order valence-corrected chi connectivity index (χ4v) is 2.39. The zero-order chi connectivity index (χ0) is 11.3. The van der Waals surface area contributed by atoms with Crippen LogP contribution in [0.5, 0.6) is 0 Å². The highest BCUT2D eigenvalue weighted by Crippen LogP contribution is 2.17. The van der Waals surface area contributed by atoms with Crippen LogP contribution in [0.1, 0.15) is 12.8 Å². The molecule has 0 spiro atoms. The Morgan fingerprint density at radius 1 is 1.60 bits per heavy atom. The first-order chi connectivity index (χ1) is 7.19. The summed E-state index contributed by atoms with van der Waals surface area (Å²) in [6.07, 6.45) is 6.25. The number of likely N-dealkylation sites (N-methyl/N-ethyl adjacent to an activating group) is 1. The first kappa shape index (κ1) is 12.3. The van der Waals surface area contributed by atoms with E-state index in [2.05, 4.69) is 28.9 Å². The zero-order valence-corrected chi connectivity index (χ0v) is 10.4. The molecule has 0 radical (unpaired) electrons. The second-order valence-corrected chi connectivity index (χ2v) is 4.68. The Balaban J connectivity index is 2.63. The molecule has 0 saturated carbocycles. The second-order valence-electron chi connectivity index (χ2n) is 3.90. The third-order valence-electron chi connectivity index (χ3n) is 2.73. The maximum atomic E-state index is 8.59. The summed E-state index contributed by atoms with van der Waals surface area (Å²) in [6.45, 7) is 2.00. The minimum Gasteiger partial charge on any atom is -0.349 e. The van der Waals surface area contributed by atoms with Crippen molar-refractivity contribution in [3.05, 3.63) is 0 Å². The number of aliphatic imine (C=N–C) groups is 1. The molecule has 0 amide bonds. The quantitative estimate of drug-likeness (QED) is 0.383. The third kappa shape index (κ3) is 3.40. The van der Waals surface area contributed by atoms with Gasteiger partial charge in [0.1, 0.15) is 0 Å². The van der Waals surface area contributed by atoms with Crippen LogP contribution in [0.25, 0.3) is 0 Å². The lowest BCUT2D eigenvalue weighted by atomic mass is 10.1. The Kier molecular flexibility index (Phi) is 4.92. The van der Waals surface area contributed by atoms with Gasteiger partial charge in [-0.05, 0) is 33.2 Å². The first-order valence-electron chi connectivity index (χ1n) is 5.11. The molecule has 1 atom stereocenters. The highest BCUT2D eigenvalue weighted by Gasteiger charge is 2.23. The molecule has 1 fully saturated rings. The Morgan fingerprint density at radius 3 is 2.87 bits per heavy atom. The number of rotatable bonds is 1. The van der Waals surface area contributed by atoms with E-state index < -0.39 is 0 Å². The van der Waals surface area contributed by atoms with Gasteiger partial charge in [0.05, 0.1) is 0 Å². The van der Waals surface area contributed by atoms with E-state index in [1.54, 1.807) is 11.8 Å². The molecule has 1 rings (SSSR count). The summed E-state index contributed by atoms with van der Waals surface area (Å²) in [5.74, 6) is 0. The van der Waals surface area contributed by atoms with Gasteiger partial charge >= 0.3 is 0 Å². The summed E-state index contributed by atoms with van der Waals surface area (Å²) in [5.41, 5.74) is 0. The van der Waals surface area contributed by atoms with Gasteiger partial charge in [0.15, 0.2) is 5.17 Å². The summed E-state index contributed by atoms with van der Waals surface area (Å²) >= 11 is 1.55. The molecule has 0 N–H and O–H groups in total. The molecule has 4 nitrogen and oxygen atoms in total. The highest BCUT2D eigenvalue weighted by molar-refractivity contribution is 8.13. The number of likely N-dealkylation sites (tertiary alicyclic amines) is 1. The molecule has 15 heavy (non-hydrogen) atoms. The number of hydrogen-bond acceptors (Lipinski definition) is 4. The number of hydrogen-bond donors (Lipinski definition) is 0. The molecule has 0 aromatic heterocycles. The van der Waals surface area contributed by atoms with Crippen molar-refractivity contribution in [2.75, 3.05) is 33.4 Å². The van der Waals surface area contributed by atoms with E-state index in [1.165, 1.54) is 12.8 Å². The smallest absolute Gasteiger partial charge is 0.208 e. The normalized spacial score (nSPS) is 23.0. The van der Waals surface area contributed by atoms with Gasteiger partial charge in [-0.1, -0.05) is 11.8 Å². The van der Waals surface area contributed by atoms with Crippen LogP contribution in [0, 0.1) is 11.5 Å². The Labute approximate surface area is 95.9 Å². The summed E-state index contributed by atoms with van der Waals surface area (Å²) in [4.78, 5) is 8.31. The van der Waals surface area contributed by atoms with Gasteiger partial charge in [-0.3, -0.25) is 0 Å². The van der Waals surface area contributed by atoms with Crippen LogP contribution in [-0.2, 0) is 0 Å². The van der Waals surface area contributed by atoms with Crippen molar-refractivity contribution in [3.63, 3.8) is 0 Å². The van der Waals surface area contributed by atoms with Gasteiger partial charge in [-0.2, -0.15) is 5.26 Å². The highest BCUT2D eigenvalue weighted by atomic mass is 32.2. The van der Waals surface area contributed by atoms with Crippen molar-refractivity contribution in [1.82, 2.24) is 9.80 Å². The van der Waals surface area contributed by atoms with Crippen LogP contribution in [0.4, 0.5) is 0 Å². The number of amidine groups is 1. The van der Waals surface area contributed by atoms with Gasteiger partial charge in [0.25, 0.3) is 0 Å². The molecule has 0 aromatic rings. The lowest BCUT2D eigenvalue weighted by molar-refractivity contribution is 0.186. The maximum Gasteiger partial charge on any atom is 0.208 e. The molecule has 0 bridgehead atoms. The molecule has 5 heteroatoms. The predicted molar refractivity (Wildman–Crippen MR) is 64.8 cm³/mol. The lowest BCUT2D eigenvalue weighted by Gasteiger charge is -2.36. The van der Waals surface area contributed by atoms with Crippen molar-refractivity contribution in [2.45, 2.75) is 18.9 Å². The number of thioether (sulfide) groups is 1. The standard InChI is InChI=1S/C10H18N4S/c1-13(2)9-5-4-6-14(7-9)10(15-3)12-8-11/h9H,4-7H2,1-3H3. The van der Waals surface area contributed by atoms with Crippen molar-refractivity contribution in [1.29, 1.82) is 5.26 Å². The van der Waals surface area contributed by atoms with Crippen LogP contribution < -0.4 is 0 Å². The fourth-order valence-electron chi connectivity index (χ4n) is 1.84. The molecule has 1 aliphatic rings. The van der Waals surface area contributed by atoms with Gasteiger partial charge in [-0.15, -0.1) is 4.99 Å². The molecule has 1 aliphatic heterocycles. The van der Waals surface area contributed by atoms with Crippen molar-refractivity contribution in [3.8, 4) is 6.19 Å². The Bertz CT molecular complexity index is 269. The molecule has 1 heterocycles. The van der Waals surface area contributed by atoms with E-state index in [1.807, 2.05) is 12.4 Å². The molecule has 84 valence electrons. The minimum atomic E-state index is 0.579. The van der Waals surface area contributed by atoms with E-state index in [-0.39, 0.29) is 0 Å². The number of nitriles is 1. The number of nitrogens with zero attached hydrogens (tertiary/aromatic N) is 4. The van der Waals surface area contributed by atoms with Gasteiger partial charge in [0, 0.05) is 19.1 Å². The summed E-state index contributed by atoms with van der Waals surface area (Å²) in [6, 6.07) is 0.579. The van der Waals surface area contributed by atoms with E-state index in [0.717, 1.165) is 18.3 Å². The predicted octanol–water partition coefficient (Wildman–Crippen LogP) is 1.21. The van der Waals surface area contributed by atoms with Crippen molar-refractivity contribution >= 4 is 16.9 Å². The van der Waals surface area contributed by atoms with Crippen LogP contribution >= 0.6 is 11.8 Å². The van der Waals surface area contributed by atoms with E-state index >= 15 is 0 Å². The van der Waals surface area contributed by atoms with E-state index in [0.29, 0.717) is 6.04 Å². The molecule has 1 saturated heterocycles. The average molecular weight is 226 g/mol. The van der Waals surface area contributed by atoms with Crippen LogP contribution in [-0.4, -0.2) is 54.4 Å². The molecule has 1 unspecified atom stereocenters. The van der Waals surface area contributed by atoms with Crippen molar-refractivity contribution < 1.29 is 0 Å². The zero-order valence-electron chi connectivity index (χ0n) is 9.60. The van der Waals surface area contributed by atoms with Gasteiger partial charge < -0.3 is 9.80 Å². The summed E-state index contributed by atoms with van der Waals surface area (Å²) < 4.78 is 0. The second kappa shape index (κ2) is 5.99. The third-order valence-corrected chi connectivity index (χ3v) is 3.44. The van der Waals surface area contributed by atoms with Crippen LogP contribution in [0.2, 0.25) is 0 Å². The molecular weight excluding hydrogens is 208 g/mol. The Morgan fingerprint density at radius 2 is 2.33 bits per heavy atom. The molecule has 0 aliphatic carbocycles. The maximum absolute atomic E-state index is 8.59.